The van der Waals surface area contributed by atoms with Crippen molar-refractivity contribution in [1.29, 1.82) is 0 Å². The van der Waals surface area contributed by atoms with Gasteiger partial charge in [0.25, 0.3) is 0 Å². The van der Waals surface area contributed by atoms with E-state index in [0.717, 1.165) is 59.4 Å². The Morgan fingerprint density at radius 1 is 1.14 bits per heavy atom. The van der Waals surface area contributed by atoms with E-state index in [1.165, 1.54) is 0 Å². The number of rotatable bonds is 6. The molecule has 0 radical (unpaired) electrons. The number of para-hydroxylation sites is 1. The molecule has 0 saturated carbocycles. The summed E-state index contributed by atoms with van der Waals surface area (Å²) < 4.78 is 11.0. The molecule has 6 heteroatoms. The van der Waals surface area contributed by atoms with E-state index in [1.54, 1.807) is 14.2 Å². The quantitative estimate of drug-likeness (QED) is 0.712. The minimum atomic E-state index is 0.391. The minimum Gasteiger partial charge on any atom is -0.497 e. The topological polar surface area (TPSA) is 37.0 Å². The number of piperidine rings is 1. The van der Waals surface area contributed by atoms with Crippen LogP contribution in [0.4, 0.5) is 5.69 Å². The molecular formula is C23H31N3O2S. The van der Waals surface area contributed by atoms with Gasteiger partial charge in [-0.1, -0.05) is 24.3 Å². The summed E-state index contributed by atoms with van der Waals surface area (Å²) >= 11 is 5.91. The Morgan fingerprint density at radius 2 is 1.86 bits per heavy atom. The fraction of sp³-hybridized carbons (Fsp3) is 0.435. The molecule has 3 rings (SSSR count). The lowest BCUT2D eigenvalue weighted by atomic mass is 10.0. The lowest BCUT2D eigenvalue weighted by Gasteiger charge is -2.39. The Bertz CT molecular complexity index is 835. The number of hydrogen-bond acceptors (Lipinski definition) is 4. The van der Waals surface area contributed by atoms with Crippen LogP contribution >= 0.6 is 12.2 Å². The number of methoxy groups -OCH3 is 2. The second kappa shape index (κ2) is 9.94. The highest BCUT2D eigenvalue weighted by Gasteiger charge is 2.26. The van der Waals surface area contributed by atoms with Gasteiger partial charge in [0.2, 0.25) is 0 Å². The molecule has 0 atom stereocenters. The molecule has 1 aliphatic rings. The van der Waals surface area contributed by atoms with Crippen molar-refractivity contribution in [2.45, 2.75) is 32.4 Å². The van der Waals surface area contributed by atoms with Gasteiger partial charge in [-0.2, -0.15) is 0 Å². The number of nitrogens with zero attached hydrogens (tertiary/aromatic N) is 2. The maximum Gasteiger partial charge on any atom is 0.173 e. The van der Waals surface area contributed by atoms with Crippen molar-refractivity contribution in [3.05, 3.63) is 53.6 Å². The summed E-state index contributed by atoms with van der Waals surface area (Å²) in [5.41, 5.74) is 3.25. The second-order valence-electron chi connectivity index (χ2n) is 7.59. The van der Waals surface area contributed by atoms with Gasteiger partial charge in [0.15, 0.2) is 5.11 Å². The molecule has 2 aromatic carbocycles. The van der Waals surface area contributed by atoms with E-state index >= 15 is 0 Å². The molecule has 0 bridgehead atoms. The first kappa shape index (κ1) is 21.4. The van der Waals surface area contributed by atoms with Crippen LogP contribution in [0.2, 0.25) is 0 Å². The molecular weight excluding hydrogens is 382 g/mol. The van der Waals surface area contributed by atoms with E-state index in [1.807, 2.05) is 36.4 Å². The molecule has 2 aromatic rings. The molecule has 0 amide bonds. The van der Waals surface area contributed by atoms with E-state index < -0.39 is 0 Å². The lowest BCUT2D eigenvalue weighted by Crippen LogP contribution is -2.47. The zero-order valence-electron chi connectivity index (χ0n) is 17.8. The third kappa shape index (κ3) is 5.40. The molecule has 5 nitrogen and oxygen atoms in total. The zero-order chi connectivity index (χ0) is 20.8. The molecule has 1 fully saturated rings. The van der Waals surface area contributed by atoms with Crippen LogP contribution in [-0.4, -0.2) is 55.3 Å². The molecule has 1 N–H and O–H groups in total. The number of thiocarbonyl (C=S) groups is 1. The van der Waals surface area contributed by atoms with Crippen molar-refractivity contribution in [3.8, 4) is 11.5 Å². The standard InChI is InChI=1S/C23H31N3O2S/c1-17-9-10-20(27-3)15-21(17)24-23(29)26(19-11-13-25(2)14-12-19)16-18-7-5-6-8-22(18)28-4/h5-10,15,19H,11-14,16H2,1-4H3,(H,24,29). The predicted octanol–water partition coefficient (Wildman–Crippen LogP) is 4.31. The van der Waals surface area contributed by atoms with E-state index in [2.05, 4.69) is 35.2 Å². The van der Waals surface area contributed by atoms with E-state index in [0.29, 0.717) is 12.6 Å². The maximum atomic E-state index is 5.91. The Kier molecular flexibility index (Phi) is 7.34. The van der Waals surface area contributed by atoms with Gasteiger partial charge in [-0.15, -0.1) is 0 Å². The van der Waals surface area contributed by atoms with Crippen LogP contribution in [0.3, 0.4) is 0 Å². The molecule has 1 aliphatic heterocycles. The average molecular weight is 414 g/mol. The Morgan fingerprint density at radius 3 is 2.55 bits per heavy atom. The SMILES string of the molecule is COc1ccc(C)c(NC(=S)N(Cc2ccccc2OC)C2CCN(C)CC2)c1. The fourth-order valence-corrected chi connectivity index (χ4v) is 4.06. The van der Waals surface area contributed by atoms with E-state index in [-0.39, 0.29) is 0 Å². The summed E-state index contributed by atoms with van der Waals surface area (Å²) in [7, 11) is 5.57. The van der Waals surface area contributed by atoms with Crippen molar-refractivity contribution < 1.29 is 9.47 Å². The van der Waals surface area contributed by atoms with Gasteiger partial charge in [0.1, 0.15) is 11.5 Å². The van der Waals surface area contributed by atoms with Crippen LogP contribution < -0.4 is 14.8 Å². The Balaban J connectivity index is 1.85. The fourth-order valence-electron chi connectivity index (χ4n) is 3.74. The van der Waals surface area contributed by atoms with Crippen LogP contribution in [0.15, 0.2) is 42.5 Å². The van der Waals surface area contributed by atoms with Gasteiger partial charge < -0.3 is 24.6 Å². The first-order valence-electron chi connectivity index (χ1n) is 10.0. The summed E-state index contributed by atoms with van der Waals surface area (Å²) in [5, 5.41) is 4.21. The van der Waals surface area contributed by atoms with Crippen molar-refractivity contribution in [1.82, 2.24) is 9.80 Å². The average Bonchev–Trinajstić information content (AvgIpc) is 2.74. The van der Waals surface area contributed by atoms with Crippen LogP contribution in [0, 0.1) is 6.92 Å². The monoisotopic (exact) mass is 413 g/mol. The van der Waals surface area contributed by atoms with Crippen molar-refractivity contribution in [3.63, 3.8) is 0 Å². The number of anilines is 1. The largest absolute Gasteiger partial charge is 0.497 e. The number of ether oxygens (including phenoxy) is 2. The third-order valence-corrected chi connectivity index (χ3v) is 5.95. The smallest absolute Gasteiger partial charge is 0.173 e. The normalized spacial score (nSPS) is 15.0. The van der Waals surface area contributed by atoms with Crippen LogP contribution in [-0.2, 0) is 6.54 Å². The van der Waals surface area contributed by atoms with Gasteiger partial charge in [-0.3, -0.25) is 0 Å². The summed E-state index contributed by atoms with van der Waals surface area (Å²) in [5.74, 6) is 1.71. The van der Waals surface area contributed by atoms with Crippen LogP contribution in [0.25, 0.3) is 0 Å². The molecule has 29 heavy (non-hydrogen) atoms. The molecule has 0 aromatic heterocycles. The maximum absolute atomic E-state index is 5.91. The van der Waals surface area contributed by atoms with Gasteiger partial charge in [0, 0.05) is 29.9 Å². The van der Waals surface area contributed by atoms with Crippen LogP contribution in [0.5, 0.6) is 11.5 Å². The lowest BCUT2D eigenvalue weighted by molar-refractivity contribution is 0.173. The molecule has 1 heterocycles. The Labute approximate surface area is 179 Å². The number of benzene rings is 2. The predicted molar refractivity (Wildman–Crippen MR) is 123 cm³/mol. The first-order valence-corrected chi connectivity index (χ1v) is 10.5. The van der Waals surface area contributed by atoms with Crippen molar-refractivity contribution in [2.75, 3.05) is 39.7 Å². The van der Waals surface area contributed by atoms with Gasteiger partial charge >= 0.3 is 0 Å². The number of nitrogens with one attached hydrogen (secondary N) is 1. The number of hydrogen-bond donors (Lipinski definition) is 1. The summed E-state index contributed by atoms with van der Waals surface area (Å²) in [6.07, 6.45) is 2.18. The highest BCUT2D eigenvalue weighted by atomic mass is 32.1. The van der Waals surface area contributed by atoms with Crippen molar-refractivity contribution >= 4 is 23.0 Å². The summed E-state index contributed by atoms with van der Waals surface area (Å²) in [4.78, 5) is 4.69. The number of aryl methyl sites for hydroxylation is 1. The third-order valence-electron chi connectivity index (χ3n) is 5.61. The second-order valence-corrected chi connectivity index (χ2v) is 7.97. The highest BCUT2D eigenvalue weighted by Crippen LogP contribution is 2.26. The minimum absolute atomic E-state index is 0.391. The first-order chi connectivity index (χ1) is 14.0. The Hall–Kier alpha value is -2.31. The van der Waals surface area contributed by atoms with E-state index in [4.69, 9.17) is 21.7 Å². The molecule has 1 saturated heterocycles. The summed E-state index contributed by atoms with van der Waals surface area (Å²) in [6, 6.07) is 14.6. The zero-order valence-corrected chi connectivity index (χ0v) is 18.6. The molecule has 0 spiro atoms. The van der Waals surface area contributed by atoms with Gasteiger partial charge in [-0.05, 0) is 69.8 Å². The molecule has 156 valence electrons. The highest BCUT2D eigenvalue weighted by molar-refractivity contribution is 7.80. The molecule has 0 unspecified atom stereocenters. The van der Waals surface area contributed by atoms with Crippen LogP contribution in [0.1, 0.15) is 24.0 Å². The van der Waals surface area contributed by atoms with E-state index in [9.17, 15) is 0 Å². The number of likely N-dealkylation sites (tertiary alicyclic amines) is 1. The molecule has 0 aliphatic carbocycles. The van der Waals surface area contributed by atoms with Gasteiger partial charge in [0.05, 0.1) is 14.2 Å². The van der Waals surface area contributed by atoms with Crippen molar-refractivity contribution in [2.24, 2.45) is 0 Å². The van der Waals surface area contributed by atoms with Gasteiger partial charge in [-0.25, -0.2) is 0 Å². The summed E-state index contributed by atoms with van der Waals surface area (Å²) in [6.45, 7) is 4.94.